The Labute approximate surface area is 290 Å². The fraction of sp³-hybridized carbons (Fsp3) is 1.00. The Kier molecular flexibility index (Phi) is 27.1. The summed E-state index contributed by atoms with van der Waals surface area (Å²) in [5.74, 6) is -0.0415. The normalized spacial score (nSPS) is 23.7. The maximum absolute atomic E-state index is 10.7. The molecule has 0 aromatic heterocycles. The quantitative estimate of drug-likeness (QED) is 0.0997. The van der Waals surface area contributed by atoms with Gasteiger partial charge in [-0.2, -0.15) is 0 Å². The average molecular weight is 673 g/mol. The van der Waals surface area contributed by atoms with Crippen LogP contribution in [-0.2, 0) is 0 Å². The third-order valence-corrected chi connectivity index (χ3v) is 12.6. The standard InChI is InChI=1S/C40H80O7/c41-30-22-37-21-19-17-15-13-11-9-7-5-3-1-2-4-6-8-10-12-14-16-18-20-23-38(24-31-42,25-32-43)40(28-35-46,29-36-47)39(37,26-33-44)27-34-45/h37,41-47H,1-36H2. The van der Waals surface area contributed by atoms with Crippen LogP contribution in [0.4, 0.5) is 0 Å². The van der Waals surface area contributed by atoms with Crippen molar-refractivity contribution in [1.29, 1.82) is 0 Å². The highest BCUT2D eigenvalue weighted by molar-refractivity contribution is 5.10. The molecule has 1 aliphatic carbocycles. The van der Waals surface area contributed by atoms with Crippen molar-refractivity contribution in [2.24, 2.45) is 22.2 Å². The van der Waals surface area contributed by atoms with Crippen LogP contribution in [0.2, 0.25) is 0 Å². The highest BCUT2D eigenvalue weighted by atomic mass is 16.3. The number of aliphatic hydroxyl groups excluding tert-OH is 7. The van der Waals surface area contributed by atoms with E-state index >= 15 is 0 Å². The van der Waals surface area contributed by atoms with Gasteiger partial charge in [0.1, 0.15) is 0 Å². The molecule has 7 N–H and O–H groups in total. The van der Waals surface area contributed by atoms with E-state index in [0.717, 1.165) is 44.9 Å². The maximum Gasteiger partial charge on any atom is 0.0436 e. The van der Waals surface area contributed by atoms with Crippen LogP contribution < -0.4 is 0 Å². The molecule has 7 heteroatoms. The van der Waals surface area contributed by atoms with Crippen molar-refractivity contribution in [2.75, 3.05) is 46.2 Å². The zero-order chi connectivity index (χ0) is 34.5. The summed E-state index contributed by atoms with van der Waals surface area (Å²) in [7, 11) is 0. The number of rotatable bonds is 14. The molecular formula is C40H80O7. The predicted octanol–water partition coefficient (Wildman–Crippen LogP) is 7.83. The molecule has 1 atom stereocenters. The van der Waals surface area contributed by atoms with Gasteiger partial charge in [-0.15, -0.1) is 0 Å². The lowest BCUT2D eigenvalue weighted by Crippen LogP contribution is -2.59. The van der Waals surface area contributed by atoms with Crippen molar-refractivity contribution in [3.05, 3.63) is 0 Å². The van der Waals surface area contributed by atoms with Gasteiger partial charge >= 0.3 is 0 Å². The van der Waals surface area contributed by atoms with E-state index in [9.17, 15) is 35.7 Å². The first-order chi connectivity index (χ1) is 23.0. The Morgan fingerprint density at radius 1 is 0.340 bits per heavy atom. The van der Waals surface area contributed by atoms with Gasteiger partial charge in [0.15, 0.2) is 0 Å². The molecule has 0 aliphatic heterocycles. The van der Waals surface area contributed by atoms with Gasteiger partial charge in [-0.25, -0.2) is 0 Å². The summed E-state index contributed by atoms with van der Waals surface area (Å²) in [5, 5.41) is 74.5. The summed E-state index contributed by atoms with van der Waals surface area (Å²) in [4.78, 5) is 0. The molecule has 0 spiro atoms. The summed E-state index contributed by atoms with van der Waals surface area (Å²) in [6.07, 6.45) is 29.3. The van der Waals surface area contributed by atoms with Gasteiger partial charge in [-0.05, 0) is 80.0 Å². The van der Waals surface area contributed by atoms with Gasteiger partial charge in [-0.3, -0.25) is 0 Å². The minimum Gasteiger partial charge on any atom is -0.396 e. The Morgan fingerprint density at radius 2 is 0.660 bits per heavy atom. The largest absolute Gasteiger partial charge is 0.396 e. The third kappa shape index (κ3) is 14.8. The van der Waals surface area contributed by atoms with Crippen LogP contribution in [0.3, 0.4) is 0 Å². The fourth-order valence-corrected chi connectivity index (χ4v) is 10.3. The molecule has 0 amide bonds. The van der Waals surface area contributed by atoms with Crippen LogP contribution in [0.25, 0.3) is 0 Å². The van der Waals surface area contributed by atoms with Crippen LogP contribution in [0.1, 0.15) is 186 Å². The minimum absolute atomic E-state index is 0.00932. The van der Waals surface area contributed by atoms with Gasteiger partial charge in [0, 0.05) is 46.2 Å². The van der Waals surface area contributed by atoms with Gasteiger partial charge in [0.25, 0.3) is 0 Å². The Bertz CT molecular complexity index is 669. The van der Waals surface area contributed by atoms with E-state index in [0.29, 0.717) is 44.9 Å². The Balaban J connectivity index is 3.53. The van der Waals surface area contributed by atoms with Crippen LogP contribution in [0, 0.1) is 22.2 Å². The highest BCUT2D eigenvalue weighted by Gasteiger charge is 2.62. The molecule has 0 radical (unpaired) electrons. The van der Waals surface area contributed by atoms with Crippen molar-refractivity contribution in [2.45, 2.75) is 186 Å². The van der Waals surface area contributed by atoms with Crippen molar-refractivity contribution in [1.82, 2.24) is 0 Å². The minimum atomic E-state index is -0.759. The predicted molar refractivity (Wildman–Crippen MR) is 194 cm³/mol. The molecule has 1 aliphatic rings. The lowest BCUT2D eigenvalue weighted by Gasteiger charge is -2.64. The first-order valence-electron chi connectivity index (χ1n) is 20.3. The van der Waals surface area contributed by atoms with E-state index in [-0.39, 0.29) is 52.2 Å². The van der Waals surface area contributed by atoms with E-state index in [2.05, 4.69) is 0 Å². The van der Waals surface area contributed by atoms with Crippen molar-refractivity contribution >= 4 is 0 Å². The monoisotopic (exact) mass is 673 g/mol. The summed E-state index contributed by atoms with van der Waals surface area (Å²) >= 11 is 0. The van der Waals surface area contributed by atoms with E-state index < -0.39 is 16.2 Å². The SMILES string of the molecule is OCCC1CCCCCCCCCCCCCCCCCCCCCCC(CCO)(CCO)C(CCO)(CCO)C1(CCO)CCO. The van der Waals surface area contributed by atoms with Gasteiger partial charge in [-0.1, -0.05) is 128 Å². The molecule has 47 heavy (non-hydrogen) atoms. The van der Waals surface area contributed by atoms with Gasteiger partial charge in [0.05, 0.1) is 0 Å². The van der Waals surface area contributed by atoms with Crippen molar-refractivity contribution < 1.29 is 35.7 Å². The molecule has 1 rings (SSSR count). The Hall–Kier alpha value is -0.280. The molecule has 0 bridgehead atoms. The lowest BCUT2D eigenvalue weighted by atomic mass is 9.40. The fourth-order valence-electron chi connectivity index (χ4n) is 10.3. The topological polar surface area (TPSA) is 142 Å². The molecule has 1 unspecified atom stereocenters. The molecule has 282 valence electrons. The summed E-state index contributed by atoms with van der Waals surface area (Å²) < 4.78 is 0. The van der Waals surface area contributed by atoms with E-state index in [1.54, 1.807) is 0 Å². The lowest BCUT2D eigenvalue weighted by molar-refractivity contribution is -0.183. The number of aliphatic hydroxyl groups is 7. The molecular weight excluding hydrogens is 592 g/mol. The first-order valence-corrected chi connectivity index (χ1v) is 20.3. The Morgan fingerprint density at radius 3 is 0.979 bits per heavy atom. The van der Waals surface area contributed by atoms with E-state index in [1.165, 1.54) is 96.3 Å². The van der Waals surface area contributed by atoms with Gasteiger partial charge < -0.3 is 35.7 Å². The first kappa shape index (κ1) is 44.7. The van der Waals surface area contributed by atoms with E-state index in [4.69, 9.17) is 0 Å². The molecule has 0 heterocycles. The summed E-state index contributed by atoms with van der Waals surface area (Å²) in [6.45, 7) is -0.602. The zero-order valence-electron chi connectivity index (χ0n) is 30.7. The highest BCUT2D eigenvalue weighted by Crippen LogP contribution is 2.67. The second-order valence-corrected chi connectivity index (χ2v) is 15.2. The maximum atomic E-state index is 10.7. The molecule has 1 fully saturated rings. The molecule has 1 saturated carbocycles. The number of hydrogen-bond acceptors (Lipinski definition) is 7. The van der Waals surface area contributed by atoms with Crippen LogP contribution >= 0.6 is 0 Å². The molecule has 7 nitrogen and oxygen atoms in total. The zero-order valence-corrected chi connectivity index (χ0v) is 30.7. The second kappa shape index (κ2) is 28.4. The van der Waals surface area contributed by atoms with Crippen molar-refractivity contribution in [3.63, 3.8) is 0 Å². The van der Waals surface area contributed by atoms with Gasteiger partial charge in [0.2, 0.25) is 0 Å². The molecule has 0 aromatic rings. The van der Waals surface area contributed by atoms with E-state index in [1.807, 2.05) is 0 Å². The second-order valence-electron chi connectivity index (χ2n) is 15.2. The molecule has 0 saturated heterocycles. The molecule has 0 aromatic carbocycles. The van der Waals surface area contributed by atoms with Crippen LogP contribution in [0.15, 0.2) is 0 Å². The summed E-state index contributed by atoms with van der Waals surface area (Å²) in [5.41, 5.74) is -2.06. The third-order valence-electron chi connectivity index (χ3n) is 12.6. The average Bonchev–Trinajstić information content (AvgIpc) is 3.06. The number of hydrogen-bond donors (Lipinski definition) is 7. The smallest absolute Gasteiger partial charge is 0.0436 e. The van der Waals surface area contributed by atoms with Crippen LogP contribution in [-0.4, -0.2) is 82.0 Å². The van der Waals surface area contributed by atoms with Crippen LogP contribution in [0.5, 0.6) is 0 Å². The van der Waals surface area contributed by atoms with Crippen molar-refractivity contribution in [3.8, 4) is 0 Å². The summed E-state index contributed by atoms with van der Waals surface area (Å²) in [6, 6.07) is 0.